The minimum absolute atomic E-state index is 0.713. The Balaban J connectivity index is 1.50. The third kappa shape index (κ3) is 5.07. The number of anilines is 4. The molecule has 0 aromatic heterocycles. The first-order valence-corrected chi connectivity index (χ1v) is 12.5. The Morgan fingerprint density at radius 1 is 0.588 bits per heavy atom. The normalized spacial score (nSPS) is 10.9. The van der Waals surface area contributed by atoms with E-state index in [1.807, 2.05) is 98.8 Å². The molecule has 6 heteroatoms. The first-order valence-electron chi connectivity index (χ1n) is 11.4. The van der Waals surface area contributed by atoms with Crippen molar-refractivity contribution in [2.24, 2.45) is 0 Å². The van der Waals surface area contributed by atoms with Crippen LogP contribution in [0.15, 0.2) is 94.7 Å². The molecule has 4 aromatic carbocycles. The maximum atomic E-state index is 13.1. The average Bonchev–Trinajstić information content (AvgIpc) is 2.86. The third-order valence-corrected chi connectivity index (χ3v) is 7.04. The molecule has 4 aromatic rings. The lowest BCUT2D eigenvalue weighted by Crippen LogP contribution is -2.00. The summed E-state index contributed by atoms with van der Waals surface area (Å²) in [4.78, 5) is 1.51. The van der Waals surface area contributed by atoms with Crippen LogP contribution in [-0.4, -0.2) is 17.3 Å². The van der Waals surface area contributed by atoms with Gasteiger partial charge in [-0.25, -0.2) is 4.21 Å². The van der Waals surface area contributed by atoms with E-state index in [4.69, 9.17) is 11.5 Å². The van der Waals surface area contributed by atoms with E-state index in [1.54, 1.807) is 0 Å². The Hall–Kier alpha value is -3.77. The van der Waals surface area contributed by atoms with Gasteiger partial charge in [-0.2, -0.15) is 0 Å². The van der Waals surface area contributed by atoms with Gasteiger partial charge in [0.15, 0.2) is 0 Å². The molecular formula is C28H30N4OS. The first kappa shape index (κ1) is 23.4. The Morgan fingerprint density at radius 3 is 1.26 bits per heavy atom. The zero-order valence-corrected chi connectivity index (χ0v) is 20.3. The number of nitrogens with two attached hydrogens (primary N) is 2. The number of rotatable bonds is 8. The summed E-state index contributed by atoms with van der Waals surface area (Å²) in [6.07, 6.45) is 0. The molecule has 174 valence electrons. The average molecular weight is 471 g/mol. The molecule has 0 spiro atoms. The molecule has 0 unspecified atom stereocenters. The van der Waals surface area contributed by atoms with E-state index >= 15 is 0 Å². The van der Waals surface area contributed by atoms with Crippen molar-refractivity contribution in [2.75, 3.05) is 35.2 Å². The van der Waals surface area contributed by atoms with Gasteiger partial charge in [-0.3, -0.25) is 0 Å². The van der Waals surface area contributed by atoms with Gasteiger partial charge in [-0.15, -0.1) is 0 Å². The standard InChI is InChI=1S/C28H30N4OS/c1-3-31-27-15-9-21(17-25(27)29)19-5-11-23(12-6-19)34(33)24-13-7-20(8-14-24)22-10-16-28(32-4-2)26(30)18-22/h5-18,31-32H,3-4,29-30H2,1-2H3. The van der Waals surface area contributed by atoms with Gasteiger partial charge in [0.2, 0.25) is 0 Å². The highest BCUT2D eigenvalue weighted by molar-refractivity contribution is 7.85. The van der Waals surface area contributed by atoms with Crippen LogP contribution in [0.2, 0.25) is 0 Å². The van der Waals surface area contributed by atoms with E-state index in [9.17, 15) is 4.21 Å². The Bertz CT molecular complexity index is 1200. The first-order chi connectivity index (χ1) is 16.5. The van der Waals surface area contributed by atoms with Gasteiger partial charge in [0, 0.05) is 22.9 Å². The van der Waals surface area contributed by atoms with Gasteiger partial charge in [0.05, 0.1) is 33.5 Å². The van der Waals surface area contributed by atoms with Crippen LogP contribution in [0.25, 0.3) is 22.3 Å². The molecule has 5 nitrogen and oxygen atoms in total. The monoisotopic (exact) mass is 470 g/mol. The molecule has 0 bridgehead atoms. The Labute approximate surface area is 203 Å². The number of hydrogen-bond donors (Lipinski definition) is 4. The Morgan fingerprint density at radius 2 is 0.941 bits per heavy atom. The van der Waals surface area contributed by atoms with Gasteiger partial charge in [-0.1, -0.05) is 36.4 Å². The second-order valence-corrected chi connectivity index (χ2v) is 9.46. The van der Waals surface area contributed by atoms with Gasteiger partial charge in [0.25, 0.3) is 0 Å². The van der Waals surface area contributed by atoms with Crippen molar-refractivity contribution < 1.29 is 4.21 Å². The van der Waals surface area contributed by atoms with E-state index in [2.05, 4.69) is 10.6 Å². The molecule has 0 aliphatic heterocycles. The van der Waals surface area contributed by atoms with E-state index in [-0.39, 0.29) is 0 Å². The molecule has 6 N–H and O–H groups in total. The smallest absolute Gasteiger partial charge is 0.0849 e. The van der Waals surface area contributed by atoms with E-state index in [0.717, 1.165) is 56.5 Å². The molecule has 0 atom stereocenters. The Kier molecular flexibility index (Phi) is 7.18. The predicted octanol–water partition coefficient (Wildman–Crippen LogP) is 6.22. The second kappa shape index (κ2) is 10.4. The molecular weight excluding hydrogens is 440 g/mol. The molecule has 34 heavy (non-hydrogen) atoms. The lowest BCUT2D eigenvalue weighted by molar-refractivity contribution is 0.683. The van der Waals surface area contributed by atoms with Crippen molar-refractivity contribution in [3.05, 3.63) is 84.9 Å². The van der Waals surface area contributed by atoms with Crippen LogP contribution in [0, 0.1) is 0 Å². The highest BCUT2D eigenvalue weighted by Gasteiger charge is 2.10. The van der Waals surface area contributed by atoms with E-state index < -0.39 is 10.8 Å². The second-order valence-electron chi connectivity index (χ2n) is 7.98. The maximum absolute atomic E-state index is 13.1. The summed E-state index contributed by atoms with van der Waals surface area (Å²) in [6, 6.07) is 27.6. The molecule has 0 radical (unpaired) electrons. The quantitative estimate of drug-likeness (QED) is 0.230. The molecule has 0 aliphatic carbocycles. The zero-order chi connectivity index (χ0) is 24.1. The predicted molar refractivity (Wildman–Crippen MR) is 146 cm³/mol. The summed E-state index contributed by atoms with van der Waals surface area (Å²) >= 11 is 0. The van der Waals surface area contributed by atoms with Crippen LogP contribution in [0.1, 0.15) is 13.8 Å². The van der Waals surface area contributed by atoms with Crippen molar-refractivity contribution in [1.82, 2.24) is 0 Å². The van der Waals surface area contributed by atoms with Crippen molar-refractivity contribution in [3.63, 3.8) is 0 Å². The highest BCUT2D eigenvalue weighted by atomic mass is 32.2. The molecule has 0 aliphatic rings. The van der Waals surface area contributed by atoms with Crippen LogP contribution in [0.4, 0.5) is 22.7 Å². The summed E-state index contributed by atoms with van der Waals surface area (Å²) in [5, 5.41) is 6.49. The van der Waals surface area contributed by atoms with Crippen LogP contribution in [0.5, 0.6) is 0 Å². The number of nitrogens with one attached hydrogen (secondary N) is 2. The molecule has 0 saturated carbocycles. The van der Waals surface area contributed by atoms with Gasteiger partial charge < -0.3 is 22.1 Å². The van der Waals surface area contributed by atoms with Crippen molar-refractivity contribution in [3.8, 4) is 22.3 Å². The molecule has 0 saturated heterocycles. The fourth-order valence-electron chi connectivity index (χ4n) is 3.87. The van der Waals surface area contributed by atoms with Gasteiger partial charge >= 0.3 is 0 Å². The fourth-order valence-corrected chi connectivity index (χ4v) is 4.90. The lowest BCUT2D eigenvalue weighted by Gasteiger charge is -2.11. The summed E-state index contributed by atoms with van der Waals surface area (Å²) in [5.74, 6) is 0. The number of hydrogen-bond acceptors (Lipinski definition) is 5. The van der Waals surface area contributed by atoms with E-state index in [1.165, 1.54) is 0 Å². The summed E-state index contributed by atoms with van der Waals surface area (Å²) in [7, 11) is -1.27. The third-order valence-electron chi connectivity index (χ3n) is 5.64. The zero-order valence-electron chi connectivity index (χ0n) is 19.5. The lowest BCUT2D eigenvalue weighted by atomic mass is 10.0. The van der Waals surface area contributed by atoms with Crippen LogP contribution >= 0.6 is 0 Å². The van der Waals surface area contributed by atoms with Gasteiger partial charge in [0.1, 0.15) is 0 Å². The van der Waals surface area contributed by atoms with Crippen molar-refractivity contribution in [1.29, 1.82) is 0 Å². The molecule has 0 amide bonds. The maximum Gasteiger partial charge on any atom is 0.0849 e. The van der Waals surface area contributed by atoms with Gasteiger partial charge in [-0.05, 0) is 84.6 Å². The fraction of sp³-hybridized carbons (Fsp3) is 0.143. The minimum atomic E-state index is -1.27. The largest absolute Gasteiger partial charge is 0.397 e. The molecule has 4 rings (SSSR count). The summed E-state index contributed by atoms with van der Waals surface area (Å²) < 4.78 is 13.1. The topological polar surface area (TPSA) is 93.2 Å². The van der Waals surface area contributed by atoms with E-state index in [0.29, 0.717) is 11.4 Å². The van der Waals surface area contributed by atoms with Crippen LogP contribution in [0.3, 0.4) is 0 Å². The summed E-state index contributed by atoms with van der Waals surface area (Å²) in [5.41, 5.74) is 19.7. The minimum Gasteiger partial charge on any atom is -0.397 e. The summed E-state index contributed by atoms with van der Waals surface area (Å²) in [6.45, 7) is 5.72. The number of benzene rings is 4. The number of nitrogen functional groups attached to an aromatic ring is 2. The molecule has 0 fully saturated rings. The van der Waals surface area contributed by atoms with Crippen molar-refractivity contribution >= 4 is 33.5 Å². The molecule has 0 heterocycles. The SMILES string of the molecule is CCNc1ccc(-c2ccc(S(=O)c3ccc(-c4ccc(NCC)c(N)c4)cc3)cc2)cc1N. The highest BCUT2D eigenvalue weighted by Crippen LogP contribution is 2.30. The van der Waals surface area contributed by atoms with Crippen LogP contribution < -0.4 is 22.1 Å². The van der Waals surface area contributed by atoms with Crippen LogP contribution in [-0.2, 0) is 10.8 Å². The van der Waals surface area contributed by atoms with Crippen molar-refractivity contribution in [2.45, 2.75) is 23.6 Å².